The summed E-state index contributed by atoms with van der Waals surface area (Å²) in [6, 6.07) is 7.27. The lowest BCUT2D eigenvalue weighted by Crippen LogP contribution is -2.40. The monoisotopic (exact) mass is 439 g/mol. The fourth-order valence-corrected chi connectivity index (χ4v) is 4.02. The van der Waals surface area contributed by atoms with Crippen LogP contribution < -0.4 is 21.5 Å². The molecule has 0 amide bonds. The zero-order valence-corrected chi connectivity index (χ0v) is 18.5. The van der Waals surface area contributed by atoms with Crippen LogP contribution in [0.5, 0.6) is 11.6 Å². The van der Waals surface area contributed by atoms with Crippen LogP contribution in [0.1, 0.15) is 31.9 Å². The van der Waals surface area contributed by atoms with Gasteiger partial charge in [0.1, 0.15) is 5.75 Å². The summed E-state index contributed by atoms with van der Waals surface area (Å²) in [5.41, 5.74) is -0.418. The molecule has 0 saturated carbocycles. The number of hydrogen-bond acceptors (Lipinski definition) is 6. The highest BCUT2D eigenvalue weighted by Gasteiger charge is 2.24. The van der Waals surface area contributed by atoms with Crippen molar-refractivity contribution in [2.45, 2.75) is 46.8 Å². The zero-order chi connectivity index (χ0) is 23.2. The van der Waals surface area contributed by atoms with E-state index in [2.05, 4.69) is 4.98 Å². The molecule has 0 saturated heterocycles. The molecule has 0 spiro atoms. The van der Waals surface area contributed by atoms with Crippen LogP contribution in [0.15, 0.2) is 38.6 Å². The van der Waals surface area contributed by atoms with E-state index in [4.69, 9.17) is 4.74 Å². The van der Waals surface area contributed by atoms with Gasteiger partial charge in [-0.1, -0.05) is 19.1 Å². The average molecular weight is 439 g/mol. The molecule has 0 aliphatic heterocycles. The topological polar surface area (TPSA) is 113 Å². The average Bonchev–Trinajstić information content (AvgIpc) is 3.19. The van der Waals surface area contributed by atoms with Crippen molar-refractivity contribution in [1.29, 1.82) is 0 Å². The Kier molecular flexibility index (Phi) is 5.37. The molecule has 1 aromatic carbocycles. The molecule has 3 heterocycles. The standard InChI is InChI=1S/C22H25N5O5/c1-5-15-18(28)26(12-13-8-10-14(32-4)11-9-13)21-23-17-16(27(21)19(15)29)20(30)25(7-3)22(31)24(17)6-2/h8-11,28H,5-7,12H2,1-4H3. The van der Waals surface area contributed by atoms with Crippen LogP contribution in [0.2, 0.25) is 0 Å². The first-order chi connectivity index (χ1) is 15.4. The van der Waals surface area contributed by atoms with E-state index in [1.165, 1.54) is 13.5 Å². The number of aromatic nitrogens is 5. The van der Waals surface area contributed by atoms with E-state index < -0.39 is 16.8 Å². The maximum absolute atomic E-state index is 13.3. The summed E-state index contributed by atoms with van der Waals surface area (Å²) in [6.45, 7) is 5.87. The molecule has 1 N–H and O–H groups in total. The van der Waals surface area contributed by atoms with Gasteiger partial charge >= 0.3 is 5.69 Å². The maximum Gasteiger partial charge on any atom is 0.332 e. The molecule has 0 fully saturated rings. The Morgan fingerprint density at radius 3 is 2.16 bits per heavy atom. The van der Waals surface area contributed by atoms with Gasteiger partial charge in [-0.15, -0.1) is 0 Å². The van der Waals surface area contributed by atoms with Crippen molar-refractivity contribution < 1.29 is 9.84 Å². The van der Waals surface area contributed by atoms with Gasteiger partial charge in [0.25, 0.3) is 11.1 Å². The largest absolute Gasteiger partial charge is 0.497 e. The Bertz CT molecular complexity index is 1510. The number of fused-ring (bicyclic) bond motifs is 3. The second-order valence-electron chi connectivity index (χ2n) is 7.39. The van der Waals surface area contributed by atoms with Gasteiger partial charge in [0.15, 0.2) is 11.2 Å². The fraction of sp³-hybridized carbons (Fsp3) is 0.364. The van der Waals surface area contributed by atoms with E-state index in [0.29, 0.717) is 5.75 Å². The SMILES string of the molecule is CCc1c(O)n(Cc2ccc(OC)cc2)c2nc3c(c(=O)n(CC)c(=O)n3CC)n2c1=O. The molecule has 0 radical (unpaired) electrons. The molecule has 0 atom stereocenters. The van der Waals surface area contributed by atoms with Crippen LogP contribution in [0.4, 0.5) is 0 Å². The molecule has 3 aromatic heterocycles. The summed E-state index contributed by atoms with van der Waals surface area (Å²) in [6.07, 6.45) is 0.262. The predicted molar refractivity (Wildman–Crippen MR) is 120 cm³/mol. The van der Waals surface area contributed by atoms with Crippen molar-refractivity contribution in [3.63, 3.8) is 0 Å². The van der Waals surface area contributed by atoms with Gasteiger partial charge in [0.2, 0.25) is 11.7 Å². The van der Waals surface area contributed by atoms with Crippen molar-refractivity contribution in [1.82, 2.24) is 23.1 Å². The smallest absolute Gasteiger partial charge is 0.332 e. The van der Waals surface area contributed by atoms with Crippen LogP contribution in [0, 0.1) is 0 Å². The van der Waals surface area contributed by atoms with Crippen LogP contribution in [0.25, 0.3) is 16.9 Å². The highest BCUT2D eigenvalue weighted by atomic mass is 16.5. The minimum absolute atomic E-state index is 0.0338. The van der Waals surface area contributed by atoms with E-state index in [-0.39, 0.29) is 54.4 Å². The Morgan fingerprint density at radius 1 is 0.938 bits per heavy atom. The first kappa shape index (κ1) is 21.4. The van der Waals surface area contributed by atoms with Crippen molar-refractivity contribution in [3.05, 3.63) is 66.6 Å². The van der Waals surface area contributed by atoms with Gasteiger partial charge in [0, 0.05) is 13.1 Å². The van der Waals surface area contributed by atoms with Gasteiger partial charge < -0.3 is 9.84 Å². The summed E-state index contributed by atoms with van der Waals surface area (Å²) >= 11 is 0. The Labute approximate surface area is 182 Å². The molecule has 4 aromatic rings. The summed E-state index contributed by atoms with van der Waals surface area (Å²) in [5.74, 6) is 0.580. The van der Waals surface area contributed by atoms with Crippen LogP contribution in [-0.2, 0) is 26.1 Å². The van der Waals surface area contributed by atoms with Gasteiger partial charge in [-0.25, -0.2) is 9.20 Å². The van der Waals surface area contributed by atoms with Gasteiger partial charge in [0.05, 0.1) is 19.2 Å². The molecule has 32 heavy (non-hydrogen) atoms. The predicted octanol–water partition coefficient (Wildman–Crippen LogP) is 1.34. The molecule has 0 aliphatic rings. The number of aromatic hydroxyl groups is 1. The Morgan fingerprint density at radius 2 is 1.59 bits per heavy atom. The molecule has 0 unspecified atom stereocenters. The number of imidazole rings is 1. The molecular formula is C22H25N5O5. The number of aryl methyl sites for hydroxylation is 1. The highest BCUT2D eigenvalue weighted by Crippen LogP contribution is 2.22. The van der Waals surface area contributed by atoms with Crippen LogP contribution >= 0.6 is 0 Å². The molecule has 168 valence electrons. The number of nitrogens with zero attached hydrogens (tertiary/aromatic N) is 5. The Balaban J connectivity index is 2.15. The Hall–Kier alpha value is -3.82. The lowest BCUT2D eigenvalue weighted by atomic mass is 10.2. The molecule has 10 heteroatoms. The van der Waals surface area contributed by atoms with Crippen molar-refractivity contribution >= 4 is 16.9 Å². The van der Waals surface area contributed by atoms with Crippen LogP contribution in [-0.4, -0.2) is 35.3 Å². The maximum atomic E-state index is 13.3. The molecule has 0 bridgehead atoms. The number of methoxy groups -OCH3 is 1. The first-order valence-electron chi connectivity index (χ1n) is 10.5. The van der Waals surface area contributed by atoms with E-state index in [0.717, 1.165) is 10.1 Å². The second kappa shape index (κ2) is 8.03. The van der Waals surface area contributed by atoms with Gasteiger partial charge in [-0.3, -0.25) is 23.3 Å². The zero-order valence-electron chi connectivity index (χ0n) is 18.5. The summed E-state index contributed by atoms with van der Waals surface area (Å²) in [7, 11) is 1.58. The first-order valence-corrected chi connectivity index (χ1v) is 10.5. The third-order valence-electron chi connectivity index (χ3n) is 5.72. The minimum atomic E-state index is -0.578. The molecule has 10 nitrogen and oxygen atoms in total. The second-order valence-corrected chi connectivity index (χ2v) is 7.39. The van der Waals surface area contributed by atoms with E-state index in [9.17, 15) is 19.5 Å². The van der Waals surface area contributed by atoms with E-state index in [1.54, 1.807) is 40.0 Å². The summed E-state index contributed by atoms with van der Waals surface area (Å²) in [5, 5.41) is 10.9. The number of ether oxygens (including phenoxy) is 1. The number of rotatable bonds is 6. The lowest BCUT2D eigenvalue weighted by molar-refractivity contribution is 0.410. The van der Waals surface area contributed by atoms with Gasteiger partial charge in [-0.2, -0.15) is 4.98 Å². The van der Waals surface area contributed by atoms with E-state index in [1.807, 2.05) is 12.1 Å². The fourth-order valence-electron chi connectivity index (χ4n) is 4.02. The minimum Gasteiger partial charge on any atom is -0.497 e. The van der Waals surface area contributed by atoms with Crippen LogP contribution in [0.3, 0.4) is 0 Å². The summed E-state index contributed by atoms with van der Waals surface area (Å²) < 4.78 is 10.4. The van der Waals surface area contributed by atoms with Crippen molar-refractivity contribution in [3.8, 4) is 11.6 Å². The van der Waals surface area contributed by atoms with Crippen molar-refractivity contribution in [2.24, 2.45) is 0 Å². The molecular weight excluding hydrogens is 414 g/mol. The number of hydrogen-bond donors (Lipinski definition) is 1. The van der Waals surface area contributed by atoms with Crippen molar-refractivity contribution in [2.75, 3.05) is 7.11 Å². The van der Waals surface area contributed by atoms with E-state index >= 15 is 0 Å². The number of benzene rings is 1. The van der Waals surface area contributed by atoms with Gasteiger partial charge in [-0.05, 0) is 38.0 Å². The quantitative estimate of drug-likeness (QED) is 0.485. The third kappa shape index (κ3) is 3.02. The molecule has 4 rings (SSSR count). The molecule has 0 aliphatic carbocycles. The summed E-state index contributed by atoms with van der Waals surface area (Å²) in [4.78, 5) is 43.7. The highest BCUT2D eigenvalue weighted by molar-refractivity contribution is 5.75. The third-order valence-corrected chi connectivity index (χ3v) is 5.72. The lowest BCUT2D eigenvalue weighted by Gasteiger charge is -2.14. The normalized spacial score (nSPS) is 11.5.